The van der Waals surface area contributed by atoms with Gasteiger partial charge in [0.15, 0.2) is 6.19 Å². The Bertz CT molecular complexity index is 580. The van der Waals surface area contributed by atoms with E-state index in [1.807, 2.05) is 6.07 Å². The van der Waals surface area contributed by atoms with Crippen molar-refractivity contribution in [2.24, 2.45) is 0 Å². The zero-order valence-electron chi connectivity index (χ0n) is 12.4. The van der Waals surface area contributed by atoms with E-state index in [-0.39, 0.29) is 13.0 Å². The summed E-state index contributed by atoms with van der Waals surface area (Å²) in [6.07, 6.45) is 1.92. The van der Waals surface area contributed by atoms with E-state index >= 15 is 0 Å². The maximum Gasteiger partial charge on any atom is 0.396 e. The summed E-state index contributed by atoms with van der Waals surface area (Å²) in [5.74, 6) is -2.69. The molecule has 0 spiro atoms. The normalized spacial score (nSPS) is 11.0. The van der Waals surface area contributed by atoms with Gasteiger partial charge in [-0.3, -0.25) is 9.59 Å². The number of esters is 1. The molecule has 2 amide bonds. The van der Waals surface area contributed by atoms with Crippen molar-refractivity contribution < 1.29 is 19.1 Å². The van der Waals surface area contributed by atoms with Gasteiger partial charge in [0.1, 0.15) is 6.04 Å². The van der Waals surface area contributed by atoms with Crippen LogP contribution in [0.15, 0.2) is 30.3 Å². The van der Waals surface area contributed by atoms with Crippen LogP contribution in [0.2, 0.25) is 0 Å². The molecule has 22 heavy (non-hydrogen) atoms. The molecule has 0 saturated carbocycles. The second-order valence-electron chi connectivity index (χ2n) is 4.39. The molecule has 0 aliphatic carbocycles. The fourth-order valence-corrected chi connectivity index (χ4v) is 1.82. The molecule has 0 aliphatic heterocycles. The number of likely N-dealkylation sites (N-methyl/N-ethyl adjacent to an activating group) is 1. The van der Waals surface area contributed by atoms with Gasteiger partial charge in [-0.25, -0.2) is 9.69 Å². The first kappa shape index (κ1) is 17.2. The summed E-state index contributed by atoms with van der Waals surface area (Å²) in [7, 11) is 1.07. The third-order valence-corrected chi connectivity index (χ3v) is 2.96. The molecule has 7 nitrogen and oxygen atoms in total. The fraction of sp³-hybridized carbons (Fsp3) is 0.333. The second-order valence-corrected chi connectivity index (χ2v) is 4.39. The van der Waals surface area contributed by atoms with Crippen LogP contribution >= 0.6 is 0 Å². The van der Waals surface area contributed by atoms with Crippen molar-refractivity contribution in [3.05, 3.63) is 35.9 Å². The number of hydrogen-bond acceptors (Lipinski definition) is 5. The molecular formula is C15H17N3O4. The van der Waals surface area contributed by atoms with Crippen LogP contribution in [0.5, 0.6) is 0 Å². The lowest BCUT2D eigenvalue weighted by molar-refractivity contribution is -0.153. The number of hydrogen-bond donors (Lipinski definition) is 1. The minimum Gasteiger partial charge on any atom is -0.462 e. The van der Waals surface area contributed by atoms with Gasteiger partial charge in [-0.15, -0.1) is 0 Å². The fourth-order valence-electron chi connectivity index (χ4n) is 1.82. The van der Waals surface area contributed by atoms with E-state index in [9.17, 15) is 14.4 Å². The second kappa shape index (κ2) is 8.42. The molecule has 0 radical (unpaired) electrons. The van der Waals surface area contributed by atoms with Gasteiger partial charge in [0, 0.05) is 13.0 Å². The number of amides is 2. The minimum atomic E-state index is -1.09. The van der Waals surface area contributed by atoms with Crippen molar-refractivity contribution in [3.63, 3.8) is 0 Å². The van der Waals surface area contributed by atoms with Crippen molar-refractivity contribution in [1.29, 1.82) is 5.26 Å². The monoisotopic (exact) mass is 303 g/mol. The smallest absolute Gasteiger partial charge is 0.396 e. The van der Waals surface area contributed by atoms with E-state index in [1.165, 1.54) is 0 Å². The zero-order chi connectivity index (χ0) is 16.5. The van der Waals surface area contributed by atoms with Crippen LogP contribution in [0.4, 0.5) is 0 Å². The molecule has 7 heteroatoms. The summed E-state index contributed by atoms with van der Waals surface area (Å²) in [6, 6.07) is 7.96. The van der Waals surface area contributed by atoms with Gasteiger partial charge in [0.05, 0.1) is 7.11 Å². The van der Waals surface area contributed by atoms with Crippen LogP contribution in [0, 0.1) is 11.5 Å². The van der Waals surface area contributed by atoms with Gasteiger partial charge in [0.2, 0.25) is 0 Å². The van der Waals surface area contributed by atoms with E-state index < -0.39 is 23.8 Å². The Morgan fingerprint density at radius 1 is 1.32 bits per heavy atom. The van der Waals surface area contributed by atoms with Crippen LogP contribution in [-0.4, -0.2) is 42.4 Å². The van der Waals surface area contributed by atoms with Gasteiger partial charge in [-0.2, -0.15) is 5.26 Å². The van der Waals surface area contributed by atoms with E-state index in [0.717, 1.165) is 17.6 Å². The zero-order valence-corrected chi connectivity index (χ0v) is 12.4. The number of nitriles is 1. The van der Waals surface area contributed by atoms with Crippen LogP contribution in [0.1, 0.15) is 12.5 Å². The first-order valence-corrected chi connectivity index (χ1v) is 6.67. The number of rotatable bonds is 5. The molecule has 0 bridgehead atoms. The van der Waals surface area contributed by atoms with Crippen LogP contribution in [-0.2, 0) is 25.5 Å². The van der Waals surface area contributed by atoms with E-state index in [0.29, 0.717) is 0 Å². The molecule has 0 fully saturated rings. The maximum absolute atomic E-state index is 12.3. The molecule has 0 aromatic heterocycles. The standard InChI is InChI=1S/C15H17N3O4/c1-3-18(10-16)14(20)12(17-13(19)15(21)22-2)9-11-7-5-4-6-8-11/h4-8,12H,3,9H2,1-2H3,(H,17,19). The van der Waals surface area contributed by atoms with E-state index in [1.54, 1.807) is 37.4 Å². The summed E-state index contributed by atoms with van der Waals surface area (Å²) in [4.78, 5) is 36.1. The molecule has 0 heterocycles. The van der Waals surface area contributed by atoms with E-state index in [4.69, 9.17) is 5.26 Å². The maximum atomic E-state index is 12.3. The molecule has 1 aromatic carbocycles. The van der Waals surface area contributed by atoms with Crippen molar-refractivity contribution in [3.8, 4) is 6.19 Å². The highest BCUT2D eigenvalue weighted by atomic mass is 16.5. The molecule has 0 aliphatic rings. The van der Waals surface area contributed by atoms with Gasteiger partial charge in [-0.05, 0) is 12.5 Å². The van der Waals surface area contributed by atoms with Gasteiger partial charge < -0.3 is 10.1 Å². The minimum absolute atomic E-state index is 0.167. The van der Waals surface area contributed by atoms with Crippen molar-refractivity contribution in [2.45, 2.75) is 19.4 Å². The van der Waals surface area contributed by atoms with Gasteiger partial charge in [-0.1, -0.05) is 30.3 Å². The van der Waals surface area contributed by atoms with Gasteiger partial charge >= 0.3 is 11.9 Å². The third-order valence-electron chi connectivity index (χ3n) is 2.96. The quantitative estimate of drug-likeness (QED) is 0.363. The van der Waals surface area contributed by atoms with Gasteiger partial charge in [0.25, 0.3) is 5.91 Å². The third kappa shape index (κ3) is 4.59. The molecular weight excluding hydrogens is 286 g/mol. The van der Waals surface area contributed by atoms with Crippen molar-refractivity contribution >= 4 is 17.8 Å². The number of carbonyl (C=O) groups is 3. The lowest BCUT2D eigenvalue weighted by Gasteiger charge is -2.21. The van der Waals surface area contributed by atoms with E-state index in [2.05, 4.69) is 10.1 Å². The lowest BCUT2D eigenvalue weighted by atomic mass is 10.0. The highest BCUT2D eigenvalue weighted by Gasteiger charge is 2.28. The first-order valence-electron chi connectivity index (χ1n) is 6.67. The van der Waals surface area contributed by atoms with Crippen LogP contribution in [0.3, 0.4) is 0 Å². The number of methoxy groups -OCH3 is 1. The number of nitrogens with zero attached hydrogens (tertiary/aromatic N) is 2. The Hall–Kier alpha value is -2.88. The lowest BCUT2D eigenvalue weighted by Crippen LogP contribution is -2.50. The number of carbonyl (C=O) groups excluding carboxylic acids is 3. The summed E-state index contributed by atoms with van der Waals surface area (Å²) >= 11 is 0. The van der Waals surface area contributed by atoms with Crippen LogP contribution < -0.4 is 5.32 Å². The molecule has 0 saturated heterocycles. The van der Waals surface area contributed by atoms with Crippen molar-refractivity contribution in [1.82, 2.24) is 10.2 Å². The predicted octanol–water partition coefficient (Wildman–Crippen LogP) is 0.216. The Balaban J connectivity index is 2.94. The largest absolute Gasteiger partial charge is 0.462 e. The van der Waals surface area contributed by atoms with Crippen LogP contribution in [0.25, 0.3) is 0 Å². The van der Waals surface area contributed by atoms with Crippen molar-refractivity contribution in [2.75, 3.05) is 13.7 Å². The average molecular weight is 303 g/mol. The Kier molecular flexibility index (Phi) is 6.57. The molecule has 1 aromatic rings. The first-order chi connectivity index (χ1) is 10.5. The topological polar surface area (TPSA) is 99.5 Å². The summed E-state index contributed by atoms with van der Waals surface area (Å²) in [5.41, 5.74) is 0.792. The molecule has 1 unspecified atom stereocenters. The Morgan fingerprint density at radius 2 is 1.95 bits per heavy atom. The number of ether oxygens (including phenoxy) is 1. The highest BCUT2D eigenvalue weighted by Crippen LogP contribution is 2.06. The number of benzene rings is 1. The number of nitrogens with one attached hydrogen (secondary N) is 1. The highest BCUT2D eigenvalue weighted by molar-refractivity contribution is 6.32. The molecule has 1 rings (SSSR count). The Morgan fingerprint density at radius 3 is 2.45 bits per heavy atom. The Labute approximate surface area is 128 Å². The predicted molar refractivity (Wildman–Crippen MR) is 77.1 cm³/mol. The summed E-state index contributed by atoms with van der Waals surface area (Å²) in [5, 5.41) is 11.3. The summed E-state index contributed by atoms with van der Waals surface area (Å²) in [6.45, 7) is 1.82. The summed E-state index contributed by atoms with van der Waals surface area (Å²) < 4.78 is 4.32. The molecule has 1 N–H and O–H groups in total. The average Bonchev–Trinajstić information content (AvgIpc) is 2.55. The molecule has 116 valence electrons. The molecule has 1 atom stereocenters. The SMILES string of the molecule is CCN(C#N)C(=O)C(Cc1ccccc1)NC(=O)C(=O)OC.